The van der Waals surface area contributed by atoms with Crippen LogP contribution in [0.25, 0.3) is 58.7 Å². The first-order chi connectivity index (χ1) is 47.0. The van der Waals surface area contributed by atoms with E-state index in [0.29, 0.717) is 0 Å². The summed E-state index contributed by atoms with van der Waals surface area (Å²) >= 11 is 0. The molecule has 0 aromatic heterocycles. The van der Waals surface area contributed by atoms with Crippen LogP contribution in [0.4, 0.5) is 0 Å². The van der Waals surface area contributed by atoms with Crippen molar-refractivity contribution < 1.29 is 9.47 Å². The average Bonchev–Trinajstić information content (AvgIpc) is 1.57. The van der Waals surface area contributed by atoms with Crippen molar-refractivity contribution in [2.75, 3.05) is 13.2 Å². The fourth-order valence-electron chi connectivity index (χ4n) is 14.4. The minimum Gasteiger partial charge on any atom is -0.494 e. The molecule has 2 heteroatoms. The molecular formula is C93H114O2. The Bertz CT molecular complexity index is 3460. The van der Waals surface area contributed by atoms with Gasteiger partial charge in [-0.15, -0.1) is 0 Å². The van der Waals surface area contributed by atoms with E-state index in [2.05, 4.69) is 258 Å². The van der Waals surface area contributed by atoms with Gasteiger partial charge in [0.05, 0.1) is 13.2 Å². The van der Waals surface area contributed by atoms with E-state index >= 15 is 0 Å². The Hall–Kier alpha value is -7.68. The van der Waals surface area contributed by atoms with Gasteiger partial charge in [0.2, 0.25) is 0 Å². The largest absolute Gasteiger partial charge is 0.494 e. The van der Waals surface area contributed by atoms with Gasteiger partial charge in [0, 0.05) is 5.41 Å². The van der Waals surface area contributed by atoms with E-state index in [1.54, 1.807) is 0 Å². The van der Waals surface area contributed by atoms with Crippen molar-refractivity contribution in [3.63, 3.8) is 0 Å². The molecule has 0 saturated carbocycles. The summed E-state index contributed by atoms with van der Waals surface area (Å²) in [5.74, 6) is 1.88. The van der Waals surface area contributed by atoms with Crippen molar-refractivity contribution in [2.24, 2.45) is 0 Å². The van der Waals surface area contributed by atoms with E-state index in [4.69, 9.17) is 9.47 Å². The molecule has 0 spiro atoms. The molecule has 0 aliphatic heterocycles. The zero-order valence-corrected chi connectivity index (χ0v) is 58.9. The zero-order chi connectivity index (χ0) is 65.8. The van der Waals surface area contributed by atoms with Crippen LogP contribution >= 0.6 is 0 Å². The lowest BCUT2D eigenvalue weighted by Crippen LogP contribution is -2.26. The fourth-order valence-corrected chi connectivity index (χ4v) is 14.4. The van der Waals surface area contributed by atoms with Crippen LogP contribution < -0.4 is 9.47 Å². The Morgan fingerprint density at radius 1 is 0.263 bits per heavy atom. The Balaban J connectivity index is 1.06. The molecule has 0 saturated heterocycles. The van der Waals surface area contributed by atoms with E-state index < -0.39 is 0 Å². The molecule has 0 radical (unpaired) electrons. The molecule has 0 fully saturated rings. The molecule has 0 atom stereocenters. The summed E-state index contributed by atoms with van der Waals surface area (Å²) in [6.07, 6.45) is 52.1. The van der Waals surface area contributed by atoms with E-state index in [1.165, 1.54) is 234 Å². The van der Waals surface area contributed by atoms with Crippen LogP contribution in [0.5, 0.6) is 11.5 Å². The number of hydrogen-bond donors (Lipinski definition) is 0. The van der Waals surface area contributed by atoms with Crippen LogP contribution in [0, 0.1) is 0 Å². The van der Waals surface area contributed by atoms with Gasteiger partial charge in [-0.05, 0) is 163 Å². The molecule has 9 rings (SSSR count). The highest BCUT2D eigenvalue weighted by Crippen LogP contribution is 2.56. The SMILES string of the molecule is CCCCCCCCCCOc1cccc(/C=C/c2cc(/C=C/c3cccc(OCCCCCCCCCC)c3)cc(/C=C/c3ccc4c(c3)C(CCCCCCCC)(CCCCCCCC)c3cc(C(=C(c5ccccc5)c5ccccc5)c5ccccc5)ccc3-4)c2)c1. The van der Waals surface area contributed by atoms with Crippen LogP contribution in [0.1, 0.15) is 287 Å². The van der Waals surface area contributed by atoms with Gasteiger partial charge in [0.25, 0.3) is 0 Å². The predicted molar refractivity (Wildman–Crippen MR) is 415 cm³/mol. The van der Waals surface area contributed by atoms with Gasteiger partial charge in [0.1, 0.15) is 11.5 Å². The highest BCUT2D eigenvalue weighted by atomic mass is 16.5. The summed E-state index contributed by atoms with van der Waals surface area (Å²) in [6, 6.07) is 72.6. The van der Waals surface area contributed by atoms with Crippen molar-refractivity contribution >= 4 is 47.6 Å². The van der Waals surface area contributed by atoms with Crippen LogP contribution in [0.2, 0.25) is 0 Å². The van der Waals surface area contributed by atoms with Crippen LogP contribution in [0.3, 0.4) is 0 Å². The molecule has 0 N–H and O–H groups in total. The first-order valence-electron chi connectivity index (χ1n) is 37.8. The van der Waals surface area contributed by atoms with Crippen molar-refractivity contribution in [1.82, 2.24) is 0 Å². The first-order valence-corrected chi connectivity index (χ1v) is 37.8. The van der Waals surface area contributed by atoms with E-state index in [9.17, 15) is 0 Å². The Labute approximate surface area is 576 Å². The summed E-state index contributed by atoms with van der Waals surface area (Å²) < 4.78 is 12.7. The second kappa shape index (κ2) is 40.7. The van der Waals surface area contributed by atoms with Crippen LogP contribution in [0.15, 0.2) is 194 Å². The molecule has 1 aliphatic carbocycles. The molecule has 0 bridgehead atoms. The second-order valence-electron chi connectivity index (χ2n) is 27.3. The highest BCUT2D eigenvalue weighted by Gasteiger charge is 2.43. The highest BCUT2D eigenvalue weighted by molar-refractivity contribution is 6.05. The van der Waals surface area contributed by atoms with Gasteiger partial charge >= 0.3 is 0 Å². The van der Waals surface area contributed by atoms with Gasteiger partial charge < -0.3 is 9.47 Å². The molecular weight excluding hydrogens is 1150 g/mol. The quantitative estimate of drug-likeness (QED) is 0.0280. The Morgan fingerprint density at radius 2 is 0.589 bits per heavy atom. The van der Waals surface area contributed by atoms with E-state index in [1.807, 2.05) is 0 Å². The van der Waals surface area contributed by atoms with E-state index in [0.717, 1.165) is 72.6 Å². The molecule has 8 aromatic carbocycles. The van der Waals surface area contributed by atoms with E-state index in [-0.39, 0.29) is 5.41 Å². The number of fused-ring (bicyclic) bond motifs is 3. The van der Waals surface area contributed by atoms with Crippen LogP contribution in [-0.4, -0.2) is 13.2 Å². The predicted octanol–water partition coefficient (Wildman–Crippen LogP) is 28.0. The topological polar surface area (TPSA) is 18.5 Å². The standard InChI is InChI=1S/C93H114O2/c1-5-9-13-17-21-23-27-40-66-94-85-52-42-44-75(71-85)54-57-78-68-79(58-55-76-45-43-53-86(72-76)95-67-41-28-24-22-18-14-10-6-2)70-80(69-78)59-56-77-60-62-87-88-63-61-84(92(83-50-36-31-37-51-83)91(81-46-32-29-33-47-81)82-48-34-30-35-49-82)74-90(88)93(89(87)73-77,64-38-25-19-15-11-7-3)65-39-26-20-16-12-8-4/h29-37,42-63,68-74H,5-28,38-41,64-67H2,1-4H3/b57-54+,58-55+,59-56+. The summed E-state index contributed by atoms with van der Waals surface area (Å²) in [5.41, 5.74) is 20.2. The van der Waals surface area contributed by atoms with Crippen molar-refractivity contribution in [3.05, 3.63) is 261 Å². The first kappa shape index (κ1) is 71.6. The van der Waals surface area contributed by atoms with Gasteiger partial charge in [-0.25, -0.2) is 0 Å². The molecule has 0 amide bonds. The number of rotatable bonds is 44. The normalized spacial score (nSPS) is 12.5. The minimum atomic E-state index is -0.129. The summed E-state index contributed by atoms with van der Waals surface area (Å²) in [7, 11) is 0. The van der Waals surface area contributed by atoms with Crippen molar-refractivity contribution in [1.29, 1.82) is 0 Å². The molecule has 0 heterocycles. The lowest BCUT2D eigenvalue weighted by molar-refractivity contribution is 0.304. The average molecular weight is 1260 g/mol. The Morgan fingerprint density at radius 3 is 0.989 bits per heavy atom. The zero-order valence-electron chi connectivity index (χ0n) is 58.9. The van der Waals surface area contributed by atoms with Gasteiger partial charge in [-0.1, -0.05) is 377 Å². The van der Waals surface area contributed by atoms with Gasteiger partial charge in [0.15, 0.2) is 0 Å². The lowest BCUT2D eigenvalue weighted by Gasteiger charge is -2.33. The molecule has 498 valence electrons. The number of hydrogen-bond acceptors (Lipinski definition) is 2. The maximum atomic E-state index is 6.33. The lowest BCUT2D eigenvalue weighted by atomic mass is 9.69. The van der Waals surface area contributed by atoms with Gasteiger partial charge in [-0.3, -0.25) is 0 Å². The monoisotopic (exact) mass is 1260 g/mol. The molecule has 95 heavy (non-hydrogen) atoms. The summed E-state index contributed by atoms with van der Waals surface area (Å²) in [5, 5.41) is 0. The summed E-state index contributed by atoms with van der Waals surface area (Å²) in [4.78, 5) is 0. The smallest absolute Gasteiger partial charge is 0.119 e. The molecule has 1 aliphatic rings. The van der Waals surface area contributed by atoms with Crippen LogP contribution in [-0.2, 0) is 5.41 Å². The minimum absolute atomic E-state index is 0.129. The maximum absolute atomic E-state index is 6.33. The fraction of sp³-hybridized carbons (Fsp3) is 0.398. The maximum Gasteiger partial charge on any atom is 0.119 e. The molecule has 8 aromatic rings. The van der Waals surface area contributed by atoms with Crippen molar-refractivity contribution in [2.45, 2.75) is 226 Å². The molecule has 2 nitrogen and oxygen atoms in total. The van der Waals surface area contributed by atoms with Gasteiger partial charge in [-0.2, -0.15) is 0 Å². The Kier molecular flexibility index (Phi) is 30.6. The second-order valence-corrected chi connectivity index (χ2v) is 27.3. The van der Waals surface area contributed by atoms with Crippen molar-refractivity contribution in [3.8, 4) is 22.6 Å². The third-order valence-corrected chi connectivity index (χ3v) is 19.7. The summed E-state index contributed by atoms with van der Waals surface area (Å²) in [6.45, 7) is 10.8. The third kappa shape index (κ3) is 22.5. The third-order valence-electron chi connectivity index (χ3n) is 19.7. The molecule has 0 unspecified atom stereocenters. The number of benzene rings is 8. The number of ether oxygens (including phenoxy) is 2. The number of unbranched alkanes of at least 4 members (excludes halogenated alkanes) is 24.